The summed E-state index contributed by atoms with van der Waals surface area (Å²) in [5.74, 6) is 0.533. The van der Waals surface area contributed by atoms with E-state index < -0.39 is 0 Å². The number of ether oxygens (including phenoxy) is 1. The van der Waals surface area contributed by atoms with E-state index in [9.17, 15) is 4.79 Å². The fraction of sp³-hybridized carbons (Fsp3) is 0.226. The van der Waals surface area contributed by atoms with Gasteiger partial charge in [-0.3, -0.25) is 4.79 Å². The van der Waals surface area contributed by atoms with Gasteiger partial charge >= 0.3 is 5.97 Å². The Kier molecular flexibility index (Phi) is 5.26. The van der Waals surface area contributed by atoms with Crippen LogP contribution < -0.4 is 4.74 Å². The van der Waals surface area contributed by atoms with Crippen molar-refractivity contribution in [1.82, 2.24) is 4.98 Å². The molecule has 34 heavy (non-hydrogen) atoms. The van der Waals surface area contributed by atoms with Crippen molar-refractivity contribution in [3.8, 4) is 5.88 Å². The first-order valence-electron chi connectivity index (χ1n) is 12.2. The third kappa shape index (κ3) is 3.62. The Labute approximate surface area is 199 Å². The molecule has 0 aliphatic heterocycles. The highest BCUT2D eigenvalue weighted by Crippen LogP contribution is 2.39. The number of benzene rings is 4. The zero-order valence-electron chi connectivity index (χ0n) is 19.4. The Balaban J connectivity index is 1.39. The molecule has 168 valence electrons. The number of aryl methyl sites for hydroxylation is 1. The Morgan fingerprint density at radius 1 is 0.882 bits per heavy atom. The van der Waals surface area contributed by atoms with Gasteiger partial charge in [0.05, 0.1) is 0 Å². The summed E-state index contributed by atoms with van der Waals surface area (Å²) in [6.45, 7) is 1.98. The zero-order valence-corrected chi connectivity index (χ0v) is 19.4. The van der Waals surface area contributed by atoms with Crippen molar-refractivity contribution >= 4 is 38.3 Å². The highest BCUT2D eigenvalue weighted by Gasteiger charge is 2.24. The number of carbonyl (C=O) groups is 1. The number of esters is 1. The molecule has 0 spiro atoms. The number of hydrogen-bond acceptors (Lipinski definition) is 3. The summed E-state index contributed by atoms with van der Waals surface area (Å²) in [5, 5.41) is 7.28. The van der Waals surface area contributed by atoms with Gasteiger partial charge < -0.3 is 4.74 Å². The van der Waals surface area contributed by atoms with Crippen molar-refractivity contribution in [2.45, 2.75) is 44.9 Å². The van der Waals surface area contributed by atoms with Gasteiger partial charge in [-0.2, -0.15) is 0 Å². The molecule has 0 saturated heterocycles. The van der Waals surface area contributed by atoms with Crippen LogP contribution in [0, 0.1) is 0 Å². The van der Waals surface area contributed by atoms with Crippen LogP contribution in [0.3, 0.4) is 0 Å². The first kappa shape index (κ1) is 20.9. The first-order valence-corrected chi connectivity index (χ1v) is 12.2. The lowest BCUT2D eigenvalue weighted by Gasteiger charge is -2.26. The highest BCUT2D eigenvalue weighted by atomic mass is 16.5. The van der Waals surface area contributed by atoms with Gasteiger partial charge in [0.15, 0.2) is 0 Å². The standard InChI is InChI=1S/C31H27NO2/c1-2-7-30(33)34-31-26-11-6-4-9-21(26)19-29(32-31)23-14-15-25-22(18-23)13-17-27-24-10-5-3-8-20(24)12-16-28(25)27/h3-6,8-13,16-17,19,23H,2,7,14-15,18H2,1H3. The molecule has 1 aliphatic carbocycles. The van der Waals surface area contributed by atoms with Crippen LogP contribution in [0.1, 0.15) is 48.9 Å². The number of rotatable bonds is 4. The summed E-state index contributed by atoms with van der Waals surface area (Å²) < 4.78 is 5.72. The molecule has 3 nitrogen and oxygen atoms in total. The number of nitrogens with zero attached hydrogens (tertiary/aromatic N) is 1. The average molecular weight is 446 g/mol. The van der Waals surface area contributed by atoms with E-state index in [1.54, 1.807) is 0 Å². The summed E-state index contributed by atoms with van der Waals surface area (Å²) in [5.41, 5.74) is 3.88. The molecular formula is C31H27NO2. The molecule has 5 aromatic rings. The third-order valence-electron chi connectivity index (χ3n) is 7.15. The van der Waals surface area contributed by atoms with Crippen LogP contribution in [0.2, 0.25) is 0 Å². The minimum Gasteiger partial charge on any atom is -0.407 e. The molecule has 1 aromatic heterocycles. The SMILES string of the molecule is CCCC(=O)Oc1nc(C2CCc3c(ccc4c3ccc3ccccc34)C2)cc2ccccc12. The number of pyridine rings is 1. The van der Waals surface area contributed by atoms with Crippen molar-refractivity contribution in [3.05, 3.63) is 95.7 Å². The van der Waals surface area contributed by atoms with Gasteiger partial charge in [-0.1, -0.05) is 73.7 Å². The number of fused-ring (bicyclic) bond motifs is 6. The van der Waals surface area contributed by atoms with Crippen LogP contribution in [-0.2, 0) is 17.6 Å². The van der Waals surface area contributed by atoms with Crippen LogP contribution in [0.5, 0.6) is 5.88 Å². The Bertz CT molecular complexity index is 1550. The van der Waals surface area contributed by atoms with Gasteiger partial charge in [0.2, 0.25) is 5.88 Å². The average Bonchev–Trinajstić information content (AvgIpc) is 2.88. The quantitative estimate of drug-likeness (QED) is 0.212. The second kappa shape index (κ2) is 8.57. The summed E-state index contributed by atoms with van der Waals surface area (Å²) in [6, 6.07) is 28.0. The normalized spacial score (nSPS) is 15.5. The molecule has 1 aliphatic rings. The topological polar surface area (TPSA) is 39.2 Å². The number of aromatic nitrogens is 1. The van der Waals surface area contributed by atoms with Crippen molar-refractivity contribution in [2.24, 2.45) is 0 Å². The fourth-order valence-electron chi connectivity index (χ4n) is 5.46. The van der Waals surface area contributed by atoms with E-state index in [4.69, 9.17) is 9.72 Å². The monoisotopic (exact) mass is 445 g/mol. The van der Waals surface area contributed by atoms with Gasteiger partial charge in [-0.25, -0.2) is 4.98 Å². The van der Waals surface area contributed by atoms with Gasteiger partial charge in [0, 0.05) is 23.4 Å². The van der Waals surface area contributed by atoms with E-state index >= 15 is 0 Å². The maximum atomic E-state index is 12.3. The van der Waals surface area contributed by atoms with E-state index in [1.165, 1.54) is 32.7 Å². The van der Waals surface area contributed by atoms with Crippen LogP contribution in [0.25, 0.3) is 32.3 Å². The molecule has 0 amide bonds. The molecule has 0 radical (unpaired) electrons. The van der Waals surface area contributed by atoms with E-state index in [2.05, 4.69) is 60.7 Å². The van der Waals surface area contributed by atoms with Crippen LogP contribution in [0.15, 0.2) is 78.9 Å². The zero-order chi connectivity index (χ0) is 23.1. The summed E-state index contributed by atoms with van der Waals surface area (Å²) in [6.07, 6.45) is 4.17. The molecule has 6 rings (SSSR count). The molecule has 1 unspecified atom stereocenters. The molecule has 0 fully saturated rings. The van der Waals surface area contributed by atoms with Gasteiger partial charge in [-0.05, 0) is 75.9 Å². The van der Waals surface area contributed by atoms with E-state index in [0.29, 0.717) is 18.2 Å². The maximum absolute atomic E-state index is 12.3. The summed E-state index contributed by atoms with van der Waals surface area (Å²) in [4.78, 5) is 17.1. The molecule has 1 atom stereocenters. The minimum atomic E-state index is -0.218. The summed E-state index contributed by atoms with van der Waals surface area (Å²) >= 11 is 0. The lowest BCUT2D eigenvalue weighted by Crippen LogP contribution is -2.15. The molecular weight excluding hydrogens is 418 g/mol. The first-order chi connectivity index (χ1) is 16.7. The van der Waals surface area contributed by atoms with E-state index in [-0.39, 0.29) is 5.97 Å². The van der Waals surface area contributed by atoms with Crippen LogP contribution in [-0.4, -0.2) is 11.0 Å². The molecule has 0 saturated carbocycles. The van der Waals surface area contributed by atoms with Gasteiger partial charge in [0.1, 0.15) is 0 Å². The number of hydrogen-bond donors (Lipinski definition) is 0. The van der Waals surface area contributed by atoms with E-state index in [1.807, 2.05) is 25.1 Å². The predicted octanol–water partition coefficient (Wildman–Crippen LogP) is 7.52. The molecule has 0 bridgehead atoms. The Hall–Kier alpha value is -3.72. The van der Waals surface area contributed by atoms with Crippen molar-refractivity contribution < 1.29 is 9.53 Å². The predicted molar refractivity (Wildman–Crippen MR) is 139 cm³/mol. The molecule has 4 aromatic carbocycles. The molecule has 3 heteroatoms. The largest absolute Gasteiger partial charge is 0.407 e. The van der Waals surface area contributed by atoms with Gasteiger partial charge in [0.25, 0.3) is 0 Å². The minimum absolute atomic E-state index is 0.218. The molecule has 0 N–H and O–H groups in total. The van der Waals surface area contributed by atoms with Crippen molar-refractivity contribution in [3.63, 3.8) is 0 Å². The van der Waals surface area contributed by atoms with Crippen molar-refractivity contribution in [1.29, 1.82) is 0 Å². The third-order valence-corrected chi connectivity index (χ3v) is 7.15. The van der Waals surface area contributed by atoms with Crippen LogP contribution >= 0.6 is 0 Å². The lowest BCUT2D eigenvalue weighted by atomic mass is 9.79. The highest BCUT2D eigenvalue weighted by molar-refractivity contribution is 6.08. The second-order valence-electron chi connectivity index (χ2n) is 9.32. The summed E-state index contributed by atoms with van der Waals surface area (Å²) in [7, 11) is 0. The fourth-order valence-corrected chi connectivity index (χ4v) is 5.46. The second-order valence-corrected chi connectivity index (χ2v) is 9.32. The Morgan fingerprint density at radius 2 is 1.65 bits per heavy atom. The Morgan fingerprint density at radius 3 is 2.50 bits per heavy atom. The smallest absolute Gasteiger partial charge is 0.312 e. The van der Waals surface area contributed by atoms with Gasteiger partial charge in [-0.15, -0.1) is 0 Å². The molecule has 1 heterocycles. The lowest BCUT2D eigenvalue weighted by molar-refractivity contribution is -0.134. The van der Waals surface area contributed by atoms with Crippen LogP contribution in [0.4, 0.5) is 0 Å². The van der Waals surface area contributed by atoms with Crippen molar-refractivity contribution in [2.75, 3.05) is 0 Å². The van der Waals surface area contributed by atoms with E-state index in [0.717, 1.165) is 42.1 Å². The number of carbonyl (C=O) groups excluding carboxylic acids is 1. The maximum Gasteiger partial charge on any atom is 0.312 e.